The molecule has 11 nitrogen and oxygen atoms in total. The third-order valence-electron chi connectivity index (χ3n) is 4.32. The van der Waals surface area contributed by atoms with E-state index in [0.717, 1.165) is 0 Å². The molecule has 0 bridgehead atoms. The van der Waals surface area contributed by atoms with Gasteiger partial charge < -0.3 is 47.7 Å². The highest BCUT2D eigenvalue weighted by Gasteiger charge is 1.97. The Kier molecular flexibility index (Phi) is 23.4. The molecule has 1 N–H and O–H groups in total. The Morgan fingerprint density at radius 3 is 1.08 bits per heavy atom. The first-order valence-electron chi connectivity index (χ1n) is 12.2. The van der Waals surface area contributed by atoms with Crippen molar-refractivity contribution in [3.63, 3.8) is 0 Å². The van der Waals surface area contributed by atoms with Gasteiger partial charge in [-0.15, -0.1) is 0 Å². The molecule has 0 saturated heterocycles. The van der Waals surface area contributed by atoms with Gasteiger partial charge in [-0.2, -0.15) is 5.26 Å². The number of nitrogens with zero attached hydrogens (tertiary/aromatic N) is 1. The van der Waals surface area contributed by atoms with E-state index in [9.17, 15) is 0 Å². The molecule has 0 saturated carbocycles. The molecule has 0 radical (unpaired) electrons. The van der Waals surface area contributed by atoms with Crippen molar-refractivity contribution in [2.24, 2.45) is 0 Å². The van der Waals surface area contributed by atoms with Crippen LogP contribution in [0.1, 0.15) is 5.56 Å². The highest BCUT2D eigenvalue weighted by atomic mass is 16.6. The monoisotopic (exact) mass is 515 g/mol. The van der Waals surface area contributed by atoms with Crippen molar-refractivity contribution in [3.05, 3.63) is 29.8 Å². The van der Waals surface area contributed by atoms with E-state index in [4.69, 9.17) is 53.0 Å². The van der Waals surface area contributed by atoms with Crippen molar-refractivity contribution in [1.82, 2.24) is 0 Å². The molecule has 1 aromatic rings. The number of hydrogen-bond acceptors (Lipinski definition) is 11. The Morgan fingerprint density at radius 1 is 0.472 bits per heavy atom. The highest BCUT2D eigenvalue weighted by Crippen LogP contribution is 2.11. The molecular weight excluding hydrogens is 474 g/mol. The van der Waals surface area contributed by atoms with Gasteiger partial charge in [0.1, 0.15) is 12.4 Å². The van der Waals surface area contributed by atoms with Gasteiger partial charge in [0, 0.05) is 0 Å². The lowest BCUT2D eigenvalue weighted by Gasteiger charge is -2.09. The molecule has 0 spiro atoms. The predicted octanol–water partition coefficient (Wildman–Crippen LogP) is 1.06. The SMILES string of the molecule is N#Cc1ccc(OCCOCCOCCOCCOCCOCCOCCOCCOCCO)cc1. The first-order chi connectivity index (χ1) is 17.9. The fourth-order valence-corrected chi connectivity index (χ4v) is 2.55. The first kappa shape index (κ1) is 32.2. The summed E-state index contributed by atoms with van der Waals surface area (Å²) in [6.45, 7) is 8.22. The van der Waals surface area contributed by atoms with E-state index >= 15 is 0 Å². The number of ether oxygens (including phenoxy) is 9. The summed E-state index contributed by atoms with van der Waals surface area (Å²) in [4.78, 5) is 0. The minimum Gasteiger partial charge on any atom is -0.491 e. The summed E-state index contributed by atoms with van der Waals surface area (Å²) in [5.74, 6) is 0.712. The van der Waals surface area contributed by atoms with E-state index in [-0.39, 0.29) is 6.61 Å². The van der Waals surface area contributed by atoms with E-state index in [0.29, 0.717) is 124 Å². The summed E-state index contributed by atoms with van der Waals surface area (Å²) in [5.41, 5.74) is 0.604. The zero-order valence-electron chi connectivity index (χ0n) is 21.1. The molecule has 0 heterocycles. The largest absolute Gasteiger partial charge is 0.491 e. The number of rotatable bonds is 27. The molecule has 0 aromatic heterocycles. The molecule has 0 unspecified atom stereocenters. The lowest BCUT2D eigenvalue weighted by atomic mass is 10.2. The first-order valence-corrected chi connectivity index (χ1v) is 12.2. The molecule has 0 aliphatic carbocycles. The number of nitriles is 1. The van der Waals surface area contributed by atoms with Crippen molar-refractivity contribution >= 4 is 0 Å². The lowest BCUT2D eigenvalue weighted by molar-refractivity contribution is -0.0242. The summed E-state index contributed by atoms with van der Waals surface area (Å²) < 4.78 is 48.5. The van der Waals surface area contributed by atoms with Crippen LogP contribution >= 0.6 is 0 Å². The van der Waals surface area contributed by atoms with Crippen LogP contribution in [0, 0.1) is 11.3 Å². The van der Waals surface area contributed by atoms with Gasteiger partial charge in [-0.25, -0.2) is 0 Å². The second-order valence-corrected chi connectivity index (χ2v) is 7.11. The Hall–Kier alpha value is -1.85. The zero-order chi connectivity index (χ0) is 25.8. The third-order valence-corrected chi connectivity index (χ3v) is 4.32. The number of aliphatic hydroxyl groups is 1. The second kappa shape index (κ2) is 26.2. The average Bonchev–Trinajstić information content (AvgIpc) is 2.91. The maximum absolute atomic E-state index is 8.76. The fourth-order valence-electron chi connectivity index (χ4n) is 2.55. The summed E-state index contributed by atoms with van der Waals surface area (Å²) in [5, 5.41) is 17.3. The summed E-state index contributed by atoms with van der Waals surface area (Å²) in [6, 6.07) is 9.02. The zero-order valence-corrected chi connectivity index (χ0v) is 21.1. The van der Waals surface area contributed by atoms with Crippen LogP contribution in [0.25, 0.3) is 0 Å². The standard InChI is InChI=1S/C25H41NO10/c26-23-24-1-3-25(4-2-24)36-22-21-35-20-19-34-18-17-33-16-15-32-14-13-31-12-11-30-10-9-29-8-7-28-6-5-27/h1-4,27H,5-22H2. The molecule has 1 rings (SSSR count). The normalized spacial score (nSPS) is 11.0. The maximum atomic E-state index is 8.76. The Bertz CT molecular complexity index is 626. The van der Waals surface area contributed by atoms with E-state index in [1.807, 2.05) is 0 Å². The van der Waals surface area contributed by atoms with Crippen molar-refractivity contribution in [3.8, 4) is 11.8 Å². The van der Waals surface area contributed by atoms with Crippen LogP contribution in [0.2, 0.25) is 0 Å². The molecular formula is C25H41NO10. The summed E-state index contributed by atoms with van der Waals surface area (Å²) >= 11 is 0. The molecule has 36 heavy (non-hydrogen) atoms. The third kappa shape index (κ3) is 21.4. The van der Waals surface area contributed by atoms with Crippen molar-refractivity contribution < 1.29 is 47.7 Å². The van der Waals surface area contributed by atoms with Crippen LogP contribution in [-0.4, -0.2) is 124 Å². The smallest absolute Gasteiger partial charge is 0.119 e. The van der Waals surface area contributed by atoms with Gasteiger partial charge in [0.2, 0.25) is 0 Å². The average molecular weight is 516 g/mol. The Labute approximate surface area is 214 Å². The Morgan fingerprint density at radius 2 is 0.778 bits per heavy atom. The predicted molar refractivity (Wildman–Crippen MR) is 130 cm³/mol. The van der Waals surface area contributed by atoms with Gasteiger partial charge in [0.05, 0.1) is 124 Å². The topological polar surface area (TPSA) is 127 Å². The summed E-state index contributed by atoms with van der Waals surface area (Å²) in [6.07, 6.45) is 0. The van der Waals surface area contributed by atoms with Crippen molar-refractivity contribution in [2.75, 3.05) is 119 Å². The van der Waals surface area contributed by atoms with Gasteiger partial charge in [-0.05, 0) is 24.3 Å². The van der Waals surface area contributed by atoms with Crippen LogP contribution in [0.4, 0.5) is 0 Å². The molecule has 1 aromatic carbocycles. The minimum absolute atomic E-state index is 0.0250. The van der Waals surface area contributed by atoms with Gasteiger partial charge in [0.15, 0.2) is 0 Å². The molecule has 0 aliphatic rings. The van der Waals surface area contributed by atoms with E-state index in [1.54, 1.807) is 24.3 Å². The van der Waals surface area contributed by atoms with Gasteiger partial charge in [-0.3, -0.25) is 0 Å². The Balaban J connectivity index is 1.67. The number of hydrogen-bond donors (Lipinski definition) is 1. The van der Waals surface area contributed by atoms with E-state index < -0.39 is 0 Å². The van der Waals surface area contributed by atoms with Crippen LogP contribution < -0.4 is 4.74 Å². The van der Waals surface area contributed by atoms with Crippen molar-refractivity contribution in [1.29, 1.82) is 5.26 Å². The number of benzene rings is 1. The second-order valence-electron chi connectivity index (χ2n) is 7.11. The minimum atomic E-state index is 0.0250. The van der Waals surface area contributed by atoms with Crippen LogP contribution in [0.15, 0.2) is 24.3 Å². The van der Waals surface area contributed by atoms with Crippen LogP contribution in [0.5, 0.6) is 5.75 Å². The fraction of sp³-hybridized carbons (Fsp3) is 0.720. The number of aliphatic hydroxyl groups excluding tert-OH is 1. The van der Waals surface area contributed by atoms with Gasteiger partial charge in [-0.1, -0.05) is 0 Å². The molecule has 206 valence electrons. The van der Waals surface area contributed by atoms with Gasteiger partial charge >= 0.3 is 0 Å². The van der Waals surface area contributed by atoms with Crippen molar-refractivity contribution in [2.45, 2.75) is 0 Å². The summed E-state index contributed by atoms with van der Waals surface area (Å²) in [7, 11) is 0. The molecule has 11 heteroatoms. The molecule has 0 fully saturated rings. The van der Waals surface area contributed by atoms with E-state index in [1.165, 1.54) is 0 Å². The highest BCUT2D eigenvalue weighted by molar-refractivity contribution is 5.34. The lowest BCUT2D eigenvalue weighted by Crippen LogP contribution is -2.15. The van der Waals surface area contributed by atoms with E-state index in [2.05, 4.69) is 6.07 Å². The van der Waals surface area contributed by atoms with Crippen LogP contribution in [-0.2, 0) is 37.9 Å². The maximum Gasteiger partial charge on any atom is 0.119 e. The van der Waals surface area contributed by atoms with Gasteiger partial charge in [0.25, 0.3) is 0 Å². The molecule has 0 aliphatic heterocycles. The van der Waals surface area contributed by atoms with Crippen LogP contribution in [0.3, 0.4) is 0 Å². The molecule has 0 amide bonds. The quantitative estimate of drug-likeness (QED) is 0.169. The molecule has 0 atom stereocenters.